The molecule has 0 aliphatic heterocycles. The van der Waals surface area contributed by atoms with E-state index >= 15 is 0 Å². The van der Waals surface area contributed by atoms with E-state index in [1.165, 1.54) is 25.3 Å². The van der Waals surface area contributed by atoms with Crippen molar-refractivity contribution < 1.29 is 27.5 Å². The molecule has 0 aliphatic carbocycles. The van der Waals surface area contributed by atoms with Gasteiger partial charge in [-0.25, -0.2) is 13.2 Å². The minimum absolute atomic E-state index is 0.119. The van der Waals surface area contributed by atoms with E-state index in [0.29, 0.717) is 12.3 Å². The molecule has 0 saturated carbocycles. The largest absolute Gasteiger partial charge is 0.412 e. The van der Waals surface area contributed by atoms with Crippen molar-refractivity contribution in [3.05, 3.63) is 18.2 Å². The minimum atomic E-state index is -3.68. The topological polar surface area (TPSA) is 111 Å². The van der Waals surface area contributed by atoms with Gasteiger partial charge in [0.05, 0.1) is 6.61 Å². The highest BCUT2D eigenvalue weighted by Gasteiger charge is 2.23. The molecule has 0 saturated heterocycles. The molecule has 0 atom stereocenters. The summed E-state index contributed by atoms with van der Waals surface area (Å²) >= 11 is 0. The Bertz CT molecular complexity index is 737. The van der Waals surface area contributed by atoms with Crippen molar-refractivity contribution in [2.75, 3.05) is 31.8 Å². The first-order valence-corrected chi connectivity index (χ1v) is 9.44. The molecule has 0 unspecified atom stereocenters. The lowest BCUT2D eigenvalue weighted by Gasteiger charge is -2.18. The number of ether oxygens (including phenoxy) is 2. The number of carbonyl (C=O) groups is 2. The fraction of sp³-hybridized carbons (Fsp3) is 0.500. The standard InChI is InChI=1S/C16H24N2O6S/c1-16(2,3)14(19)18-11-6-7-12(13(10-11)25(5,21)22)24-15(20)17-8-9-23-4/h6-7,10H,8-9H2,1-5H3,(H,17,20)(H,18,19). The van der Waals surface area contributed by atoms with E-state index in [-0.39, 0.29) is 23.1 Å². The molecule has 0 bridgehead atoms. The fourth-order valence-electron chi connectivity index (χ4n) is 1.67. The Kier molecular flexibility index (Phi) is 6.95. The van der Waals surface area contributed by atoms with Crippen molar-refractivity contribution >= 4 is 27.5 Å². The zero-order valence-corrected chi connectivity index (χ0v) is 15.8. The Morgan fingerprint density at radius 2 is 1.84 bits per heavy atom. The molecule has 8 nitrogen and oxygen atoms in total. The summed E-state index contributed by atoms with van der Waals surface area (Å²) in [7, 11) is -2.19. The zero-order valence-electron chi connectivity index (χ0n) is 15.0. The molecular formula is C16H24N2O6S. The molecule has 25 heavy (non-hydrogen) atoms. The van der Waals surface area contributed by atoms with Gasteiger partial charge in [-0.05, 0) is 18.2 Å². The first kappa shape index (κ1) is 20.9. The van der Waals surface area contributed by atoms with Crippen molar-refractivity contribution in [2.24, 2.45) is 5.41 Å². The Hall–Kier alpha value is -2.13. The number of carbonyl (C=O) groups excluding carboxylic acids is 2. The highest BCUT2D eigenvalue weighted by molar-refractivity contribution is 7.90. The third-order valence-corrected chi connectivity index (χ3v) is 4.18. The van der Waals surface area contributed by atoms with Gasteiger partial charge in [0.1, 0.15) is 4.90 Å². The highest BCUT2D eigenvalue weighted by atomic mass is 32.2. The first-order chi connectivity index (χ1) is 11.4. The molecule has 1 aromatic carbocycles. The number of sulfone groups is 1. The summed E-state index contributed by atoms with van der Waals surface area (Å²) in [6, 6.07) is 4.05. The number of rotatable bonds is 6. The van der Waals surface area contributed by atoms with E-state index in [9.17, 15) is 18.0 Å². The average molecular weight is 372 g/mol. The molecule has 140 valence electrons. The molecule has 0 heterocycles. The summed E-state index contributed by atoms with van der Waals surface area (Å²) in [6.45, 7) is 5.74. The maximum atomic E-state index is 12.0. The number of methoxy groups -OCH3 is 1. The molecule has 1 rings (SSSR count). The van der Waals surface area contributed by atoms with Gasteiger partial charge in [-0.1, -0.05) is 20.8 Å². The number of nitrogens with one attached hydrogen (secondary N) is 2. The monoisotopic (exact) mass is 372 g/mol. The Balaban J connectivity index is 3.04. The van der Waals surface area contributed by atoms with Crippen LogP contribution in [0.15, 0.2) is 23.1 Å². The number of hydrogen-bond donors (Lipinski definition) is 2. The lowest BCUT2D eigenvalue weighted by Crippen LogP contribution is -2.30. The van der Waals surface area contributed by atoms with Gasteiger partial charge in [0.2, 0.25) is 5.91 Å². The Morgan fingerprint density at radius 3 is 2.36 bits per heavy atom. The summed E-state index contributed by atoms with van der Waals surface area (Å²) in [5.41, 5.74) is -0.339. The molecule has 0 spiro atoms. The third kappa shape index (κ3) is 6.71. The van der Waals surface area contributed by atoms with Gasteiger partial charge in [-0.3, -0.25) is 4.79 Å². The SMILES string of the molecule is COCCNC(=O)Oc1ccc(NC(=O)C(C)(C)C)cc1S(C)(=O)=O. The lowest BCUT2D eigenvalue weighted by molar-refractivity contribution is -0.123. The van der Waals surface area contributed by atoms with Crippen molar-refractivity contribution in [1.29, 1.82) is 0 Å². The molecule has 9 heteroatoms. The van der Waals surface area contributed by atoms with Crippen LogP contribution in [0, 0.1) is 5.41 Å². The van der Waals surface area contributed by atoms with Crippen molar-refractivity contribution in [2.45, 2.75) is 25.7 Å². The van der Waals surface area contributed by atoms with Crippen LogP contribution in [0.4, 0.5) is 10.5 Å². The normalized spacial score (nSPS) is 11.7. The van der Waals surface area contributed by atoms with E-state index in [1.54, 1.807) is 20.8 Å². The summed E-state index contributed by atoms with van der Waals surface area (Å²) < 4.78 is 33.8. The van der Waals surface area contributed by atoms with Crippen LogP contribution in [0.2, 0.25) is 0 Å². The van der Waals surface area contributed by atoms with E-state index in [1.807, 2.05) is 0 Å². The molecule has 0 aliphatic rings. The Morgan fingerprint density at radius 1 is 1.20 bits per heavy atom. The fourth-order valence-corrected chi connectivity index (χ4v) is 2.49. The number of benzene rings is 1. The Labute approximate surface area is 147 Å². The van der Waals surface area contributed by atoms with Crippen LogP contribution < -0.4 is 15.4 Å². The highest BCUT2D eigenvalue weighted by Crippen LogP contribution is 2.28. The van der Waals surface area contributed by atoms with Crippen LogP contribution in [0.1, 0.15) is 20.8 Å². The van der Waals surface area contributed by atoms with Gasteiger partial charge in [-0.2, -0.15) is 0 Å². The van der Waals surface area contributed by atoms with E-state index < -0.39 is 21.3 Å². The lowest BCUT2D eigenvalue weighted by atomic mass is 9.95. The van der Waals surface area contributed by atoms with Crippen LogP contribution in [0.3, 0.4) is 0 Å². The van der Waals surface area contributed by atoms with Crippen LogP contribution in [-0.2, 0) is 19.4 Å². The van der Waals surface area contributed by atoms with E-state index in [2.05, 4.69) is 10.6 Å². The summed E-state index contributed by atoms with van der Waals surface area (Å²) in [4.78, 5) is 23.6. The van der Waals surface area contributed by atoms with Crippen LogP contribution in [0.5, 0.6) is 5.75 Å². The maximum absolute atomic E-state index is 12.0. The molecule has 1 aromatic rings. The molecule has 0 radical (unpaired) electrons. The van der Waals surface area contributed by atoms with Crippen molar-refractivity contribution in [1.82, 2.24) is 5.32 Å². The smallest absolute Gasteiger partial charge is 0.409 e. The predicted molar refractivity (Wildman–Crippen MR) is 93.5 cm³/mol. The summed E-state index contributed by atoms with van der Waals surface area (Å²) in [5, 5.41) is 5.07. The van der Waals surface area contributed by atoms with E-state index in [4.69, 9.17) is 9.47 Å². The third-order valence-electron chi connectivity index (χ3n) is 3.06. The second kappa shape index (κ2) is 8.30. The average Bonchev–Trinajstić information content (AvgIpc) is 2.47. The second-order valence-electron chi connectivity index (χ2n) is 6.45. The molecule has 2 N–H and O–H groups in total. The number of amides is 2. The van der Waals surface area contributed by atoms with Gasteiger partial charge in [-0.15, -0.1) is 0 Å². The first-order valence-electron chi connectivity index (χ1n) is 7.55. The van der Waals surface area contributed by atoms with Crippen molar-refractivity contribution in [3.8, 4) is 5.75 Å². The van der Waals surface area contributed by atoms with Crippen LogP contribution in [0.25, 0.3) is 0 Å². The van der Waals surface area contributed by atoms with Gasteiger partial charge >= 0.3 is 6.09 Å². The molecule has 0 aromatic heterocycles. The summed E-state index contributed by atoms with van der Waals surface area (Å²) in [6.07, 6.45) is 0.196. The molecule has 0 fully saturated rings. The number of hydrogen-bond acceptors (Lipinski definition) is 6. The van der Waals surface area contributed by atoms with Gasteiger partial charge in [0.25, 0.3) is 0 Å². The van der Waals surface area contributed by atoms with Crippen molar-refractivity contribution in [3.63, 3.8) is 0 Å². The quantitative estimate of drug-likeness (QED) is 0.737. The minimum Gasteiger partial charge on any atom is -0.409 e. The van der Waals surface area contributed by atoms with Gasteiger partial charge < -0.3 is 20.1 Å². The van der Waals surface area contributed by atoms with E-state index in [0.717, 1.165) is 6.26 Å². The zero-order chi connectivity index (χ0) is 19.3. The predicted octanol–water partition coefficient (Wildman–Crippen LogP) is 1.81. The van der Waals surface area contributed by atoms with Gasteiger partial charge in [0, 0.05) is 31.0 Å². The molecule has 2 amide bonds. The molecular weight excluding hydrogens is 348 g/mol. The van der Waals surface area contributed by atoms with Crippen LogP contribution in [-0.4, -0.2) is 46.9 Å². The summed E-state index contributed by atoms with van der Waals surface area (Å²) in [5.74, 6) is -0.385. The maximum Gasteiger partial charge on any atom is 0.412 e. The second-order valence-corrected chi connectivity index (χ2v) is 8.43. The van der Waals surface area contributed by atoms with Crippen LogP contribution >= 0.6 is 0 Å². The number of anilines is 1. The van der Waals surface area contributed by atoms with Gasteiger partial charge in [0.15, 0.2) is 15.6 Å².